The Morgan fingerprint density at radius 2 is 1.78 bits per heavy atom. The third-order valence-electron chi connectivity index (χ3n) is 8.54. The summed E-state index contributed by atoms with van der Waals surface area (Å²) in [6, 6.07) is 19.5. The van der Waals surface area contributed by atoms with Gasteiger partial charge < -0.3 is 15.5 Å². The molecule has 236 valence electrons. The first-order valence-electron chi connectivity index (χ1n) is 15.3. The Hall–Kier alpha value is -4.78. The standard InChI is InChI=1S/C34H35N7O4S/c1-22-5-10-27(11-6-22)46(43,44)41-31-18-24(4-3-13-39-14-16-45-17-15-39)7-8-25(31)19-32(41)33(42)28-21-36-40(34(28)35)26-9-12-29-30(20-26)38-23(2)37-29/h5-12,18-21H,3-4,13-17,35H2,1-2H3,(H,37,38). The van der Waals surface area contributed by atoms with Gasteiger partial charge in [-0.1, -0.05) is 29.8 Å². The predicted molar refractivity (Wildman–Crippen MR) is 177 cm³/mol. The van der Waals surface area contributed by atoms with Crippen molar-refractivity contribution < 1.29 is 17.9 Å². The summed E-state index contributed by atoms with van der Waals surface area (Å²) >= 11 is 0. The second-order valence-corrected chi connectivity index (χ2v) is 13.6. The Morgan fingerprint density at radius 1 is 1.00 bits per heavy atom. The van der Waals surface area contributed by atoms with Gasteiger partial charge >= 0.3 is 0 Å². The highest BCUT2D eigenvalue weighted by Crippen LogP contribution is 2.31. The van der Waals surface area contributed by atoms with Gasteiger partial charge in [-0.25, -0.2) is 22.1 Å². The van der Waals surface area contributed by atoms with E-state index >= 15 is 0 Å². The minimum Gasteiger partial charge on any atom is -0.383 e. The molecule has 4 heterocycles. The van der Waals surface area contributed by atoms with Crippen LogP contribution in [0.5, 0.6) is 0 Å². The monoisotopic (exact) mass is 637 g/mol. The maximum absolute atomic E-state index is 14.3. The highest BCUT2D eigenvalue weighted by molar-refractivity contribution is 7.90. The lowest BCUT2D eigenvalue weighted by Gasteiger charge is -2.26. The molecule has 0 bridgehead atoms. The predicted octanol–water partition coefficient (Wildman–Crippen LogP) is 4.64. The number of aromatic amines is 1. The van der Waals surface area contributed by atoms with Crippen molar-refractivity contribution in [3.8, 4) is 5.69 Å². The number of ketones is 1. The average Bonchev–Trinajstić information content (AvgIpc) is 3.74. The SMILES string of the molecule is Cc1ccc(S(=O)(=O)n2c(C(=O)c3cnn(-c4ccc5nc(C)[nH]c5c4)c3N)cc3ccc(CCCN4CCOCC4)cc32)cc1. The lowest BCUT2D eigenvalue weighted by atomic mass is 10.1. The van der Waals surface area contributed by atoms with Gasteiger partial charge in [0.1, 0.15) is 17.3 Å². The van der Waals surface area contributed by atoms with Gasteiger partial charge in [-0.15, -0.1) is 0 Å². The number of carbonyl (C=O) groups excluding carboxylic acids is 1. The molecule has 1 saturated heterocycles. The summed E-state index contributed by atoms with van der Waals surface area (Å²) < 4.78 is 36.6. The minimum absolute atomic E-state index is 0.00747. The number of hydrogen-bond donors (Lipinski definition) is 2. The van der Waals surface area contributed by atoms with Gasteiger partial charge in [0, 0.05) is 18.5 Å². The van der Waals surface area contributed by atoms with Crippen LogP contribution in [0.4, 0.5) is 5.82 Å². The van der Waals surface area contributed by atoms with Crippen LogP contribution >= 0.6 is 0 Å². The van der Waals surface area contributed by atoms with E-state index in [-0.39, 0.29) is 22.0 Å². The average molecular weight is 638 g/mol. The minimum atomic E-state index is -4.16. The number of aromatic nitrogens is 5. The van der Waals surface area contributed by atoms with E-state index < -0.39 is 15.8 Å². The second kappa shape index (κ2) is 11.9. The van der Waals surface area contributed by atoms with E-state index in [2.05, 4.69) is 20.0 Å². The van der Waals surface area contributed by atoms with Crippen molar-refractivity contribution in [1.82, 2.24) is 28.6 Å². The Morgan fingerprint density at radius 3 is 2.57 bits per heavy atom. The first-order valence-corrected chi connectivity index (χ1v) is 16.7. The van der Waals surface area contributed by atoms with Crippen molar-refractivity contribution >= 4 is 43.6 Å². The quantitative estimate of drug-likeness (QED) is 0.219. The Bertz CT molecular complexity index is 2190. The molecule has 12 heteroatoms. The molecular formula is C34H35N7O4S. The number of morpholine rings is 1. The first kappa shape index (κ1) is 29.9. The van der Waals surface area contributed by atoms with Gasteiger partial charge in [-0.2, -0.15) is 5.10 Å². The lowest BCUT2D eigenvalue weighted by Crippen LogP contribution is -2.36. The highest BCUT2D eigenvalue weighted by atomic mass is 32.2. The van der Waals surface area contributed by atoms with Crippen LogP contribution in [-0.2, 0) is 21.2 Å². The molecule has 0 aliphatic carbocycles. The van der Waals surface area contributed by atoms with Crippen LogP contribution in [0, 0.1) is 13.8 Å². The summed E-state index contributed by atoms with van der Waals surface area (Å²) in [6.45, 7) is 8.02. The molecule has 0 amide bonds. The van der Waals surface area contributed by atoms with Crippen LogP contribution in [0.3, 0.4) is 0 Å². The fourth-order valence-corrected chi connectivity index (χ4v) is 7.58. The molecule has 3 aromatic carbocycles. The molecule has 1 aliphatic rings. The zero-order valence-electron chi connectivity index (χ0n) is 25.7. The van der Waals surface area contributed by atoms with Crippen molar-refractivity contribution in [2.24, 2.45) is 0 Å². The zero-order chi connectivity index (χ0) is 32.0. The maximum atomic E-state index is 14.3. The number of H-pyrrole nitrogens is 1. The van der Waals surface area contributed by atoms with Crippen LogP contribution in [0.25, 0.3) is 27.6 Å². The molecule has 7 rings (SSSR count). The maximum Gasteiger partial charge on any atom is 0.268 e. The molecule has 3 aromatic heterocycles. The second-order valence-electron chi connectivity index (χ2n) is 11.8. The van der Waals surface area contributed by atoms with Gasteiger partial charge in [-0.3, -0.25) is 9.69 Å². The van der Waals surface area contributed by atoms with Gasteiger partial charge in [-0.05, 0) is 81.3 Å². The van der Waals surface area contributed by atoms with E-state index in [1.807, 2.05) is 50.2 Å². The number of carbonyl (C=O) groups is 1. The lowest BCUT2D eigenvalue weighted by molar-refractivity contribution is 0.0375. The van der Waals surface area contributed by atoms with Crippen LogP contribution in [-0.4, -0.2) is 75.7 Å². The van der Waals surface area contributed by atoms with E-state index in [0.29, 0.717) is 16.6 Å². The van der Waals surface area contributed by atoms with Crippen molar-refractivity contribution in [2.45, 2.75) is 31.6 Å². The van der Waals surface area contributed by atoms with Crippen LogP contribution in [0.1, 0.15) is 39.4 Å². The molecule has 0 atom stereocenters. The molecular weight excluding hydrogens is 602 g/mol. The van der Waals surface area contributed by atoms with E-state index in [0.717, 1.165) is 77.6 Å². The van der Waals surface area contributed by atoms with Gasteiger partial charge in [0.05, 0.1) is 52.1 Å². The fraction of sp³-hybridized carbons (Fsp3) is 0.265. The number of nitrogen functional groups attached to an aromatic ring is 1. The molecule has 46 heavy (non-hydrogen) atoms. The molecule has 0 radical (unpaired) electrons. The van der Waals surface area contributed by atoms with Crippen molar-refractivity contribution in [3.63, 3.8) is 0 Å². The van der Waals surface area contributed by atoms with Crippen molar-refractivity contribution in [3.05, 3.63) is 101 Å². The molecule has 1 aliphatic heterocycles. The number of nitrogens with zero attached hydrogens (tertiary/aromatic N) is 5. The number of imidazole rings is 1. The normalized spacial score (nSPS) is 14.4. The molecule has 0 unspecified atom stereocenters. The van der Waals surface area contributed by atoms with Gasteiger partial charge in [0.25, 0.3) is 10.0 Å². The molecule has 6 aromatic rings. The summed E-state index contributed by atoms with van der Waals surface area (Å²) in [4.78, 5) is 24.3. The number of rotatable bonds is 9. The van der Waals surface area contributed by atoms with Crippen molar-refractivity contribution in [1.29, 1.82) is 0 Å². The molecule has 1 fully saturated rings. The van der Waals surface area contributed by atoms with E-state index in [1.54, 1.807) is 30.3 Å². The number of nitrogens with one attached hydrogen (secondary N) is 1. The summed E-state index contributed by atoms with van der Waals surface area (Å²) in [5.74, 6) is 0.344. The summed E-state index contributed by atoms with van der Waals surface area (Å²) in [5.41, 5.74) is 11.2. The van der Waals surface area contributed by atoms with Gasteiger partial charge in [0.2, 0.25) is 5.78 Å². The Balaban J connectivity index is 1.28. The number of anilines is 1. The smallest absolute Gasteiger partial charge is 0.268 e. The van der Waals surface area contributed by atoms with E-state index in [1.165, 1.54) is 10.9 Å². The Labute approximate surface area is 266 Å². The molecule has 0 saturated carbocycles. The third kappa shape index (κ3) is 5.48. The number of benzene rings is 3. The number of aryl methyl sites for hydroxylation is 3. The molecule has 0 spiro atoms. The number of ether oxygens (including phenoxy) is 1. The number of fused-ring (bicyclic) bond motifs is 2. The van der Waals surface area contributed by atoms with Crippen molar-refractivity contribution in [2.75, 3.05) is 38.6 Å². The highest BCUT2D eigenvalue weighted by Gasteiger charge is 2.29. The number of hydrogen-bond acceptors (Lipinski definition) is 8. The van der Waals surface area contributed by atoms with Gasteiger partial charge in [0.15, 0.2) is 0 Å². The zero-order valence-corrected chi connectivity index (χ0v) is 26.5. The third-order valence-corrected chi connectivity index (χ3v) is 10.3. The Kier molecular flexibility index (Phi) is 7.71. The summed E-state index contributed by atoms with van der Waals surface area (Å²) in [5, 5.41) is 5.05. The topological polar surface area (TPSA) is 141 Å². The molecule has 11 nitrogen and oxygen atoms in total. The molecule has 3 N–H and O–H groups in total. The first-order chi connectivity index (χ1) is 22.2. The van der Waals surface area contributed by atoms with E-state index in [4.69, 9.17) is 10.5 Å². The van der Waals surface area contributed by atoms with E-state index in [9.17, 15) is 13.2 Å². The van der Waals surface area contributed by atoms with Crippen LogP contribution in [0.2, 0.25) is 0 Å². The number of nitrogens with two attached hydrogens (primary N) is 1. The van der Waals surface area contributed by atoms with Crippen LogP contribution in [0.15, 0.2) is 77.8 Å². The summed E-state index contributed by atoms with van der Waals surface area (Å²) in [6.07, 6.45) is 3.08. The van der Waals surface area contributed by atoms with Crippen LogP contribution < -0.4 is 5.73 Å². The fourth-order valence-electron chi connectivity index (χ4n) is 6.08. The largest absolute Gasteiger partial charge is 0.383 e. The summed E-state index contributed by atoms with van der Waals surface area (Å²) in [7, 11) is -4.16.